The van der Waals surface area contributed by atoms with Crippen molar-refractivity contribution in [2.24, 2.45) is 15.7 Å². The molecule has 2 atom stereocenters. The second-order valence-corrected chi connectivity index (χ2v) is 4.01. The van der Waals surface area contributed by atoms with Crippen molar-refractivity contribution >= 4 is 23.8 Å². The average Bonchev–Trinajstić information content (AvgIpc) is 2.33. The van der Waals surface area contributed by atoms with Gasteiger partial charge in [-0.3, -0.25) is 0 Å². The lowest BCUT2D eigenvalue weighted by molar-refractivity contribution is 0.902. The standard InChI is InChI=1S/C7H13N3S/c1-5(8)6-9-4-7(2,10-6)11-3/h4-5H,8H2,1-3H3. The highest BCUT2D eigenvalue weighted by Gasteiger charge is 2.25. The number of aliphatic imine (C=N–C) groups is 2. The third-order valence-electron chi connectivity index (χ3n) is 1.59. The fourth-order valence-electron chi connectivity index (χ4n) is 0.789. The topological polar surface area (TPSA) is 50.7 Å². The number of rotatable bonds is 2. The Labute approximate surface area is 71.2 Å². The molecule has 0 radical (unpaired) electrons. The largest absolute Gasteiger partial charge is 0.322 e. The third-order valence-corrected chi connectivity index (χ3v) is 2.62. The van der Waals surface area contributed by atoms with Crippen LogP contribution >= 0.6 is 11.8 Å². The quantitative estimate of drug-likeness (QED) is 0.671. The monoisotopic (exact) mass is 171 g/mol. The van der Waals surface area contributed by atoms with Crippen LogP contribution in [0.5, 0.6) is 0 Å². The van der Waals surface area contributed by atoms with E-state index >= 15 is 0 Å². The SMILES string of the molecule is CSC1(C)C=NC(C(C)N)=N1. The summed E-state index contributed by atoms with van der Waals surface area (Å²) in [5.41, 5.74) is 5.62. The highest BCUT2D eigenvalue weighted by atomic mass is 32.2. The van der Waals surface area contributed by atoms with Crippen molar-refractivity contribution in [1.82, 2.24) is 0 Å². The Morgan fingerprint density at radius 1 is 1.73 bits per heavy atom. The van der Waals surface area contributed by atoms with Gasteiger partial charge in [0.2, 0.25) is 0 Å². The van der Waals surface area contributed by atoms with Gasteiger partial charge in [0.25, 0.3) is 0 Å². The fourth-order valence-corrected chi connectivity index (χ4v) is 1.13. The zero-order valence-electron chi connectivity index (χ0n) is 7.03. The molecule has 0 aromatic rings. The van der Waals surface area contributed by atoms with Gasteiger partial charge >= 0.3 is 0 Å². The fraction of sp³-hybridized carbons (Fsp3) is 0.714. The van der Waals surface area contributed by atoms with Gasteiger partial charge < -0.3 is 5.73 Å². The highest BCUT2D eigenvalue weighted by molar-refractivity contribution is 8.00. The number of amidine groups is 1. The summed E-state index contributed by atoms with van der Waals surface area (Å²) in [5, 5.41) is 0. The predicted octanol–water partition coefficient (Wildman–Crippen LogP) is 0.896. The molecule has 0 aromatic heterocycles. The molecule has 0 aromatic carbocycles. The van der Waals surface area contributed by atoms with Crippen LogP contribution in [0.3, 0.4) is 0 Å². The molecule has 0 aliphatic carbocycles. The highest BCUT2D eigenvalue weighted by Crippen LogP contribution is 2.25. The van der Waals surface area contributed by atoms with Crippen LogP contribution in [-0.2, 0) is 0 Å². The van der Waals surface area contributed by atoms with E-state index in [0.717, 1.165) is 5.84 Å². The second kappa shape index (κ2) is 2.95. The van der Waals surface area contributed by atoms with Crippen LogP contribution in [0.1, 0.15) is 13.8 Å². The molecule has 11 heavy (non-hydrogen) atoms. The molecule has 3 nitrogen and oxygen atoms in total. The van der Waals surface area contributed by atoms with E-state index in [1.54, 1.807) is 11.8 Å². The molecule has 2 unspecified atom stereocenters. The summed E-state index contributed by atoms with van der Waals surface area (Å²) >= 11 is 1.66. The van der Waals surface area contributed by atoms with E-state index in [9.17, 15) is 0 Å². The molecule has 2 N–H and O–H groups in total. The molecule has 0 saturated carbocycles. The van der Waals surface area contributed by atoms with Crippen molar-refractivity contribution in [3.8, 4) is 0 Å². The first-order valence-electron chi connectivity index (χ1n) is 3.53. The van der Waals surface area contributed by atoms with E-state index < -0.39 is 0 Å². The molecule has 4 heteroatoms. The number of hydrogen-bond donors (Lipinski definition) is 1. The number of thioether (sulfide) groups is 1. The lowest BCUT2D eigenvalue weighted by atomic mass is 10.3. The molecule has 1 aliphatic heterocycles. The maximum atomic E-state index is 5.62. The zero-order valence-corrected chi connectivity index (χ0v) is 7.85. The van der Waals surface area contributed by atoms with Gasteiger partial charge in [0.05, 0.1) is 6.04 Å². The molecule has 0 spiro atoms. The number of hydrogen-bond acceptors (Lipinski definition) is 4. The van der Waals surface area contributed by atoms with Crippen LogP contribution in [0, 0.1) is 0 Å². The molecule has 1 aliphatic rings. The summed E-state index contributed by atoms with van der Waals surface area (Å²) in [6.07, 6.45) is 3.86. The molecule has 1 heterocycles. The Morgan fingerprint density at radius 3 is 2.64 bits per heavy atom. The number of nitrogens with zero attached hydrogens (tertiary/aromatic N) is 2. The van der Waals surface area contributed by atoms with Crippen molar-refractivity contribution in [3.63, 3.8) is 0 Å². The Hall–Kier alpha value is -0.350. The lowest BCUT2D eigenvalue weighted by Gasteiger charge is -2.12. The van der Waals surface area contributed by atoms with Crippen molar-refractivity contribution in [3.05, 3.63) is 0 Å². The van der Waals surface area contributed by atoms with Crippen LogP contribution in [-0.4, -0.2) is 29.2 Å². The molecular formula is C7H13N3S. The molecule has 1 rings (SSSR count). The van der Waals surface area contributed by atoms with E-state index in [1.807, 2.05) is 26.3 Å². The number of nitrogens with two attached hydrogens (primary N) is 1. The van der Waals surface area contributed by atoms with Crippen molar-refractivity contribution in [2.45, 2.75) is 24.8 Å². The third kappa shape index (κ3) is 1.81. The van der Waals surface area contributed by atoms with Crippen LogP contribution in [0.4, 0.5) is 0 Å². The van der Waals surface area contributed by atoms with Gasteiger partial charge in [0, 0.05) is 6.21 Å². The van der Waals surface area contributed by atoms with Crippen LogP contribution in [0.2, 0.25) is 0 Å². The molecular weight excluding hydrogens is 158 g/mol. The van der Waals surface area contributed by atoms with Gasteiger partial charge in [-0.1, -0.05) is 0 Å². The van der Waals surface area contributed by atoms with Crippen molar-refractivity contribution in [2.75, 3.05) is 6.26 Å². The maximum Gasteiger partial charge on any atom is 0.141 e. The van der Waals surface area contributed by atoms with E-state index in [0.29, 0.717) is 0 Å². The summed E-state index contributed by atoms with van der Waals surface area (Å²) < 4.78 is 0. The van der Waals surface area contributed by atoms with Crippen LogP contribution in [0.15, 0.2) is 9.98 Å². The van der Waals surface area contributed by atoms with Gasteiger partial charge in [-0.15, -0.1) is 11.8 Å². The van der Waals surface area contributed by atoms with Gasteiger partial charge in [-0.05, 0) is 20.1 Å². The van der Waals surface area contributed by atoms with E-state index in [4.69, 9.17) is 5.73 Å². The Balaban J connectivity index is 2.77. The van der Waals surface area contributed by atoms with Gasteiger partial charge in [0.15, 0.2) is 0 Å². The predicted molar refractivity (Wildman–Crippen MR) is 51.5 cm³/mol. The summed E-state index contributed by atoms with van der Waals surface area (Å²) in [6, 6.07) is -0.0553. The molecule has 62 valence electrons. The second-order valence-electron chi connectivity index (χ2n) is 2.78. The van der Waals surface area contributed by atoms with Crippen molar-refractivity contribution < 1.29 is 0 Å². The normalized spacial score (nSPS) is 32.2. The summed E-state index contributed by atoms with van der Waals surface area (Å²) in [5.74, 6) is 0.752. The molecule has 0 amide bonds. The van der Waals surface area contributed by atoms with Crippen LogP contribution < -0.4 is 5.73 Å². The zero-order chi connectivity index (χ0) is 8.48. The van der Waals surface area contributed by atoms with Gasteiger partial charge in [-0.2, -0.15) is 0 Å². The minimum Gasteiger partial charge on any atom is -0.322 e. The first-order chi connectivity index (χ1) is 5.07. The maximum absolute atomic E-state index is 5.62. The van der Waals surface area contributed by atoms with Gasteiger partial charge in [0.1, 0.15) is 10.7 Å². The molecule has 0 bridgehead atoms. The van der Waals surface area contributed by atoms with Crippen molar-refractivity contribution in [1.29, 1.82) is 0 Å². The summed E-state index contributed by atoms with van der Waals surface area (Å²) in [6.45, 7) is 3.92. The minimum absolute atomic E-state index is 0.0553. The summed E-state index contributed by atoms with van der Waals surface area (Å²) in [4.78, 5) is 8.33. The average molecular weight is 171 g/mol. The Bertz CT molecular complexity index is 210. The molecule has 0 saturated heterocycles. The Morgan fingerprint density at radius 2 is 2.36 bits per heavy atom. The van der Waals surface area contributed by atoms with E-state index in [1.165, 1.54) is 0 Å². The lowest BCUT2D eigenvalue weighted by Crippen LogP contribution is -2.25. The van der Waals surface area contributed by atoms with E-state index in [-0.39, 0.29) is 10.9 Å². The Kier molecular flexibility index (Phi) is 2.34. The summed E-state index contributed by atoms with van der Waals surface area (Å²) in [7, 11) is 0. The smallest absolute Gasteiger partial charge is 0.141 e. The molecule has 0 fully saturated rings. The van der Waals surface area contributed by atoms with Gasteiger partial charge in [-0.25, -0.2) is 9.98 Å². The minimum atomic E-state index is -0.178. The first kappa shape index (κ1) is 8.74. The van der Waals surface area contributed by atoms with Crippen LogP contribution in [0.25, 0.3) is 0 Å². The van der Waals surface area contributed by atoms with E-state index in [2.05, 4.69) is 9.98 Å². The first-order valence-corrected chi connectivity index (χ1v) is 4.75.